The van der Waals surface area contributed by atoms with Crippen molar-refractivity contribution in [2.24, 2.45) is 11.8 Å². The summed E-state index contributed by atoms with van der Waals surface area (Å²) in [5.74, 6) is -2.34. The molecule has 2 rings (SSSR count). The van der Waals surface area contributed by atoms with E-state index in [0.29, 0.717) is 0 Å². The van der Waals surface area contributed by atoms with Gasteiger partial charge in [-0.05, 0) is 25.4 Å². The summed E-state index contributed by atoms with van der Waals surface area (Å²) in [6, 6.07) is 0. The van der Waals surface area contributed by atoms with Crippen LogP contribution < -0.4 is 5.32 Å². The molecule has 2 fully saturated rings. The van der Waals surface area contributed by atoms with Crippen LogP contribution in [-0.2, 0) is 0 Å². The van der Waals surface area contributed by atoms with Crippen LogP contribution in [0.3, 0.4) is 0 Å². The molecule has 0 radical (unpaired) electrons. The third-order valence-electron chi connectivity index (χ3n) is 2.54. The van der Waals surface area contributed by atoms with Crippen molar-refractivity contribution in [2.45, 2.75) is 18.8 Å². The summed E-state index contributed by atoms with van der Waals surface area (Å²) in [5.41, 5.74) is 0. The van der Waals surface area contributed by atoms with Crippen molar-refractivity contribution in [1.82, 2.24) is 5.32 Å². The minimum Gasteiger partial charge on any atom is -0.316 e. The number of hydrogen-bond acceptors (Lipinski definition) is 1. The molecule has 1 N–H and O–H groups in total. The first kappa shape index (κ1) is 6.53. The van der Waals surface area contributed by atoms with Gasteiger partial charge in [0.15, 0.2) is 0 Å². The molecule has 1 saturated heterocycles. The fourth-order valence-electron chi connectivity index (χ4n) is 1.77. The van der Waals surface area contributed by atoms with E-state index in [1.807, 2.05) is 0 Å². The fourth-order valence-corrected chi connectivity index (χ4v) is 1.77. The van der Waals surface area contributed by atoms with Crippen molar-refractivity contribution in [3.63, 3.8) is 0 Å². The molecule has 1 aliphatic heterocycles. The van der Waals surface area contributed by atoms with Crippen LogP contribution in [0.25, 0.3) is 0 Å². The number of hydrogen-bond donors (Lipinski definition) is 1. The maximum absolute atomic E-state index is 12.4. The zero-order valence-corrected chi connectivity index (χ0v) is 5.74. The lowest BCUT2D eigenvalue weighted by molar-refractivity contribution is 0.0869. The topological polar surface area (TPSA) is 12.0 Å². The lowest BCUT2D eigenvalue weighted by Gasteiger charge is -2.04. The Labute approximate surface area is 58.8 Å². The van der Waals surface area contributed by atoms with Crippen molar-refractivity contribution in [3.05, 3.63) is 0 Å². The predicted octanol–water partition coefficient (Wildman–Crippen LogP) is 1.25. The van der Waals surface area contributed by atoms with E-state index in [0.717, 1.165) is 19.5 Å². The molecule has 1 saturated carbocycles. The summed E-state index contributed by atoms with van der Waals surface area (Å²) in [6.45, 7) is 1.73. The Balaban J connectivity index is 1.90. The van der Waals surface area contributed by atoms with Crippen molar-refractivity contribution in [2.75, 3.05) is 13.1 Å². The van der Waals surface area contributed by atoms with Crippen molar-refractivity contribution < 1.29 is 8.78 Å². The van der Waals surface area contributed by atoms with E-state index in [1.54, 1.807) is 0 Å². The molecule has 0 aromatic heterocycles. The summed E-state index contributed by atoms with van der Waals surface area (Å²) >= 11 is 0. The molecule has 58 valence electrons. The molecule has 2 atom stereocenters. The second-order valence-corrected chi connectivity index (χ2v) is 3.32. The molecule has 1 aliphatic carbocycles. The Morgan fingerprint density at radius 1 is 1.40 bits per heavy atom. The molecule has 3 heteroatoms. The second-order valence-electron chi connectivity index (χ2n) is 3.32. The van der Waals surface area contributed by atoms with E-state index in [9.17, 15) is 8.78 Å². The standard InChI is InChI=1S/C7H11F2N/c8-7(9)3-6(7)5-1-2-10-4-5/h5-6,10H,1-4H2. The smallest absolute Gasteiger partial charge is 0.251 e. The van der Waals surface area contributed by atoms with Crippen LogP contribution in [0.15, 0.2) is 0 Å². The van der Waals surface area contributed by atoms with Crippen LogP contribution in [0.2, 0.25) is 0 Å². The average molecular weight is 147 g/mol. The Bertz CT molecular complexity index is 138. The molecule has 1 heterocycles. The second kappa shape index (κ2) is 1.91. The van der Waals surface area contributed by atoms with Gasteiger partial charge >= 0.3 is 0 Å². The molecule has 0 spiro atoms. The van der Waals surface area contributed by atoms with Crippen LogP contribution in [0, 0.1) is 11.8 Å². The van der Waals surface area contributed by atoms with Crippen LogP contribution in [-0.4, -0.2) is 19.0 Å². The predicted molar refractivity (Wildman–Crippen MR) is 34.0 cm³/mol. The van der Waals surface area contributed by atoms with Crippen LogP contribution in [0.4, 0.5) is 8.78 Å². The van der Waals surface area contributed by atoms with E-state index >= 15 is 0 Å². The Morgan fingerprint density at radius 2 is 2.10 bits per heavy atom. The van der Waals surface area contributed by atoms with Gasteiger partial charge in [0.25, 0.3) is 5.92 Å². The quantitative estimate of drug-likeness (QED) is 0.588. The molecule has 1 nitrogen and oxygen atoms in total. The highest BCUT2D eigenvalue weighted by molar-refractivity contribution is 5.00. The van der Waals surface area contributed by atoms with Gasteiger partial charge in [0.05, 0.1) is 0 Å². The van der Waals surface area contributed by atoms with Gasteiger partial charge < -0.3 is 5.32 Å². The van der Waals surface area contributed by atoms with Gasteiger partial charge in [-0.15, -0.1) is 0 Å². The highest BCUT2D eigenvalue weighted by atomic mass is 19.3. The summed E-state index contributed by atoms with van der Waals surface area (Å²) in [6.07, 6.45) is 1.08. The van der Waals surface area contributed by atoms with E-state index < -0.39 is 5.92 Å². The van der Waals surface area contributed by atoms with Gasteiger partial charge in [-0.25, -0.2) is 8.78 Å². The van der Waals surface area contributed by atoms with Gasteiger partial charge in [0, 0.05) is 12.3 Å². The molecule has 0 bridgehead atoms. The summed E-state index contributed by atoms with van der Waals surface area (Å²) in [4.78, 5) is 0. The highest BCUT2D eigenvalue weighted by Gasteiger charge is 2.60. The zero-order valence-electron chi connectivity index (χ0n) is 5.74. The van der Waals surface area contributed by atoms with Gasteiger partial charge in [-0.2, -0.15) is 0 Å². The van der Waals surface area contributed by atoms with Gasteiger partial charge in [-0.1, -0.05) is 0 Å². The van der Waals surface area contributed by atoms with Gasteiger partial charge in [0.1, 0.15) is 0 Å². The van der Waals surface area contributed by atoms with E-state index in [1.165, 1.54) is 0 Å². The first-order chi connectivity index (χ1) is 4.70. The third kappa shape index (κ3) is 0.926. The van der Waals surface area contributed by atoms with E-state index in [-0.39, 0.29) is 18.3 Å². The monoisotopic (exact) mass is 147 g/mol. The van der Waals surface area contributed by atoms with Crippen molar-refractivity contribution in [1.29, 1.82) is 0 Å². The van der Waals surface area contributed by atoms with E-state index in [4.69, 9.17) is 0 Å². The first-order valence-corrected chi connectivity index (χ1v) is 3.79. The summed E-state index contributed by atoms with van der Waals surface area (Å²) in [5, 5.41) is 3.10. The molecule has 0 aromatic rings. The molecular weight excluding hydrogens is 136 g/mol. The normalized spacial score (nSPS) is 43.8. The van der Waals surface area contributed by atoms with Crippen molar-refractivity contribution >= 4 is 0 Å². The number of halogens is 2. The molecular formula is C7H11F2N. The first-order valence-electron chi connectivity index (χ1n) is 3.79. The number of alkyl halides is 2. The van der Waals surface area contributed by atoms with Crippen LogP contribution >= 0.6 is 0 Å². The highest BCUT2D eigenvalue weighted by Crippen LogP contribution is 2.54. The van der Waals surface area contributed by atoms with Gasteiger partial charge in [0.2, 0.25) is 0 Å². The lowest BCUT2D eigenvalue weighted by Crippen LogP contribution is -2.13. The summed E-state index contributed by atoms with van der Waals surface area (Å²) in [7, 11) is 0. The zero-order chi connectivity index (χ0) is 7.19. The molecule has 10 heavy (non-hydrogen) atoms. The van der Waals surface area contributed by atoms with Crippen molar-refractivity contribution in [3.8, 4) is 0 Å². The minimum absolute atomic E-state index is 0.138. The maximum Gasteiger partial charge on any atom is 0.251 e. The maximum atomic E-state index is 12.4. The number of rotatable bonds is 1. The van der Waals surface area contributed by atoms with Crippen LogP contribution in [0.5, 0.6) is 0 Å². The minimum atomic E-state index is -2.31. The molecule has 0 aromatic carbocycles. The molecule has 2 unspecified atom stereocenters. The SMILES string of the molecule is FC1(F)CC1C1CCNC1. The third-order valence-corrected chi connectivity index (χ3v) is 2.54. The van der Waals surface area contributed by atoms with E-state index in [2.05, 4.69) is 5.32 Å². The number of nitrogens with one attached hydrogen (secondary N) is 1. The van der Waals surface area contributed by atoms with Gasteiger partial charge in [-0.3, -0.25) is 0 Å². The average Bonchev–Trinajstić information content (AvgIpc) is 2.31. The lowest BCUT2D eigenvalue weighted by atomic mass is 10.0. The Kier molecular flexibility index (Phi) is 1.24. The van der Waals surface area contributed by atoms with Crippen LogP contribution in [0.1, 0.15) is 12.8 Å². The summed E-state index contributed by atoms with van der Waals surface area (Å²) < 4.78 is 24.8. The molecule has 2 aliphatic rings. The largest absolute Gasteiger partial charge is 0.316 e. The fraction of sp³-hybridized carbons (Fsp3) is 1.00. The Hall–Kier alpha value is -0.180. The molecule has 0 amide bonds. The Morgan fingerprint density at radius 3 is 2.50 bits per heavy atom.